The molecule has 44 heavy (non-hydrogen) atoms. The summed E-state index contributed by atoms with van der Waals surface area (Å²) in [5.74, 6) is -4.67. The number of esters is 1. The number of ether oxygens (including phenoxy) is 1. The zero-order chi connectivity index (χ0) is 31.3. The number of benzene rings is 2. The van der Waals surface area contributed by atoms with Crippen molar-refractivity contribution in [2.75, 3.05) is 18.6 Å². The number of fused-ring (bicyclic) bond motifs is 1. The van der Waals surface area contributed by atoms with Gasteiger partial charge in [0.1, 0.15) is 17.2 Å². The number of amides is 3. The Labute approximate surface area is 252 Å². The summed E-state index contributed by atoms with van der Waals surface area (Å²) in [4.78, 5) is 54.8. The lowest BCUT2D eigenvalue weighted by atomic mass is 9.85. The maximum Gasteiger partial charge on any atom is 0.343 e. The number of hydrogen-bond donors (Lipinski definition) is 0. The number of aryl methyl sites for hydroxylation is 1. The highest BCUT2D eigenvalue weighted by Crippen LogP contribution is 2.39. The van der Waals surface area contributed by atoms with Crippen molar-refractivity contribution >= 4 is 29.4 Å². The second-order valence-electron chi connectivity index (χ2n) is 11.6. The fourth-order valence-electron chi connectivity index (χ4n) is 6.51. The molecule has 1 aliphatic carbocycles. The topological polar surface area (TPSA) is 115 Å². The Morgan fingerprint density at radius 1 is 1.00 bits per heavy atom. The molecule has 228 valence electrons. The molecule has 6 rings (SSSR count). The average Bonchev–Trinajstić information content (AvgIpc) is 3.60. The molecule has 3 aliphatic rings. The average molecular weight is 604 g/mol. The normalized spacial score (nSPS) is 23.2. The van der Waals surface area contributed by atoms with Gasteiger partial charge in [-0.05, 0) is 57.2 Å². The SMILES string of the molecule is COC(=O)c1c(F)cc(-n2cc(C3CCN(C(=O)c4ccc(C)c(N5C(=O)C6CC=CCC6C5=O)c4)C(C)C3)nn2)cc1F. The number of imide groups is 1. The number of methoxy groups -OCH3 is 1. The van der Waals surface area contributed by atoms with E-state index in [0.717, 1.165) is 24.8 Å². The number of carbonyl (C=O) groups excluding carboxylic acids is 4. The number of halogens is 2. The Hall–Kier alpha value is -4.74. The number of rotatable bonds is 5. The summed E-state index contributed by atoms with van der Waals surface area (Å²) in [5.41, 5.74) is 1.48. The molecule has 3 amide bonds. The van der Waals surface area contributed by atoms with Crippen LogP contribution in [0.2, 0.25) is 0 Å². The van der Waals surface area contributed by atoms with Gasteiger partial charge in [-0.15, -0.1) is 5.10 Å². The summed E-state index contributed by atoms with van der Waals surface area (Å²) in [6.45, 7) is 4.18. The molecular formula is C32H31F2N5O5. The smallest absolute Gasteiger partial charge is 0.343 e. The molecule has 4 unspecified atom stereocenters. The molecule has 2 fully saturated rings. The molecule has 2 aliphatic heterocycles. The summed E-state index contributed by atoms with van der Waals surface area (Å²) < 4.78 is 34.6. The minimum absolute atomic E-state index is 0.0581. The van der Waals surface area contributed by atoms with Crippen molar-refractivity contribution < 1.29 is 32.7 Å². The summed E-state index contributed by atoms with van der Waals surface area (Å²) in [7, 11) is 1.04. The molecule has 0 radical (unpaired) electrons. The lowest BCUT2D eigenvalue weighted by molar-refractivity contribution is -0.122. The highest BCUT2D eigenvalue weighted by atomic mass is 19.1. The number of anilines is 1. The summed E-state index contributed by atoms with van der Waals surface area (Å²) >= 11 is 0. The Morgan fingerprint density at radius 2 is 1.66 bits per heavy atom. The van der Waals surface area contributed by atoms with Gasteiger partial charge in [0.2, 0.25) is 11.8 Å². The summed E-state index contributed by atoms with van der Waals surface area (Å²) in [6, 6.07) is 6.93. The molecule has 3 heterocycles. The fraction of sp³-hybridized carbons (Fsp3) is 0.375. The lowest BCUT2D eigenvalue weighted by Gasteiger charge is -2.37. The van der Waals surface area contributed by atoms with Gasteiger partial charge >= 0.3 is 5.97 Å². The van der Waals surface area contributed by atoms with Crippen LogP contribution in [0.5, 0.6) is 0 Å². The van der Waals surface area contributed by atoms with Crippen molar-refractivity contribution in [3.05, 3.63) is 82.7 Å². The van der Waals surface area contributed by atoms with Gasteiger partial charge in [0.25, 0.3) is 5.91 Å². The quantitative estimate of drug-likeness (QED) is 0.240. The number of nitrogens with zero attached hydrogens (tertiary/aromatic N) is 5. The van der Waals surface area contributed by atoms with E-state index in [4.69, 9.17) is 0 Å². The van der Waals surface area contributed by atoms with Gasteiger partial charge in [0, 0.05) is 36.2 Å². The molecule has 2 aromatic carbocycles. The maximum absolute atomic E-state index is 14.5. The number of carbonyl (C=O) groups is 4. The largest absolute Gasteiger partial charge is 0.465 e. The third-order valence-corrected chi connectivity index (χ3v) is 8.95. The Morgan fingerprint density at radius 3 is 2.27 bits per heavy atom. The molecule has 0 saturated carbocycles. The third kappa shape index (κ3) is 4.97. The molecular weight excluding hydrogens is 572 g/mol. The number of piperidine rings is 1. The first-order valence-electron chi connectivity index (χ1n) is 14.5. The first kappa shape index (κ1) is 29.3. The van der Waals surface area contributed by atoms with Gasteiger partial charge in [-0.1, -0.05) is 23.4 Å². The number of hydrogen-bond acceptors (Lipinski definition) is 7. The number of likely N-dealkylation sites (tertiary alicyclic amines) is 1. The van der Waals surface area contributed by atoms with Crippen molar-refractivity contribution in [3.63, 3.8) is 0 Å². The van der Waals surface area contributed by atoms with E-state index in [2.05, 4.69) is 15.0 Å². The molecule has 2 saturated heterocycles. The number of aromatic nitrogens is 3. The van der Waals surface area contributed by atoms with Gasteiger partial charge < -0.3 is 9.64 Å². The zero-order valence-electron chi connectivity index (χ0n) is 24.5. The van der Waals surface area contributed by atoms with Gasteiger partial charge in [-0.25, -0.2) is 23.2 Å². The Bertz CT molecular complexity index is 1670. The van der Waals surface area contributed by atoms with Gasteiger partial charge in [0.05, 0.1) is 42.2 Å². The van der Waals surface area contributed by atoms with Gasteiger partial charge in [0.15, 0.2) is 0 Å². The summed E-state index contributed by atoms with van der Waals surface area (Å²) in [5, 5.41) is 8.25. The highest BCUT2D eigenvalue weighted by Gasteiger charge is 2.48. The van der Waals surface area contributed by atoms with Crippen molar-refractivity contribution in [2.45, 2.75) is 51.5 Å². The number of allylic oxidation sites excluding steroid dienone is 2. The van der Waals surface area contributed by atoms with Crippen molar-refractivity contribution in [3.8, 4) is 5.69 Å². The second-order valence-corrected chi connectivity index (χ2v) is 11.6. The highest BCUT2D eigenvalue weighted by molar-refractivity contribution is 6.22. The lowest BCUT2D eigenvalue weighted by Crippen LogP contribution is -2.44. The molecule has 12 heteroatoms. The van der Waals surface area contributed by atoms with E-state index >= 15 is 0 Å². The van der Waals surface area contributed by atoms with Crippen molar-refractivity contribution in [1.82, 2.24) is 19.9 Å². The third-order valence-electron chi connectivity index (χ3n) is 8.95. The zero-order valence-corrected chi connectivity index (χ0v) is 24.5. The minimum Gasteiger partial charge on any atom is -0.465 e. The maximum atomic E-state index is 14.5. The van der Waals surface area contributed by atoms with Crippen LogP contribution >= 0.6 is 0 Å². The van der Waals surface area contributed by atoms with E-state index in [9.17, 15) is 28.0 Å². The van der Waals surface area contributed by atoms with Gasteiger partial charge in [-0.3, -0.25) is 14.4 Å². The first-order valence-corrected chi connectivity index (χ1v) is 14.5. The second kappa shape index (κ2) is 11.4. The van der Waals surface area contributed by atoms with Crippen molar-refractivity contribution in [1.29, 1.82) is 0 Å². The van der Waals surface area contributed by atoms with Crippen LogP contribution in [0.25, 0.3) is 5.69 Å². The van der Waals surface area contributed by atoms with E-state index in [1.165, 1.54) is 9.58 Å². The fourth-order valence-corrected chi connectivity index (χ4v) is 6.51. The van der Waals surface area contributed by atoms with Crippen molar-refractivity contribution in [2.24, 2.45) is 11.8 Å². The van der Waals surface area contributed by atoms with Crippen LogP contribution in [0, 0.1) is 30.4 Å². The van der Waals surface area contributed by atoms with Crippen LogP contribution < -0.4 is 4.90 Å². The van der Waals surface area contributed by atoms with Crippen LogP contribution in [0.15, 0.2) is 48.7 Å². The van der Waals surface area contributed by atoms with Crippen LogP contribution in [-0.4, -0.2) is 63.3 Å². The van der Waals surface area contributed by atoms with Crippen LogP contribution in [0.3, 0.4) is 0 Å². The van der Waals surface area contributed by atoms with E-state index in [-0.39, 0.29) is 47.2 Å². The monoisotopic (exact) mass is 603 g/mol. The molecule has 4 atom stereocenters. The Kier molecular flexibility index (Phi) is 7.60. The molecule has 3 aromatic rings. The Balaban J connectivity index is 1.16. The van der Waals surface area contributed by atoms with Crippen LogP contribution in [-0.2, 0) is 14.3 Å². The van der Waals surface area contributed by atoms with E-state index < -0.39 is 23.2 Å². The predicted octanol–water partition coefficient (Wildman–Crippen LogP) is 4.50. The summed E-state index contributed by atoms with van der Waals surface area (Å²) in [6.07, 6.45) is 7.71. The van der Waals surface area contributed by atoms with Crippen LogP contribution in [0.1, 0.15) is 70.5 Å². The molecule has 0 spiro atoms. The first-order chi connectivity index (χ1) is 21.1. The molecule has 0 N–H and O–H groups in total. The van der Waals surface area contributed by atoms with E-state index in [0.29, 0.717) is 49.2 Å². The minimum atomic E-state index is -1.11. The predicted molar refractivity (Wildman–Crippen MR) is 154 cm³/mol. The van der Waals surface area contributed by atoms with Crippen LogP contribution in [0.4, 0.5) is 14.5 Å². The standard InChI is InChI=1S/C32H31F2N5O5/c1-17-8-9-20(13-27(17)39-30(41)22-6-4-5-7-23(22)31(39)42)29(40)37-11-10-19(12-18(37)2)26-16-38(36-35-26)21-14-24(33)28(25(34)15-21)32(43)44-3/h4-5,8-9,13-16,18-19,22-23H,6-7,10-12H2,1-3H3. The molecule has 1 aromatic heterocycles. The van der Waals surface area contributed by atoms with E-state index in [1.807, 2.05) is 26.0 Å². The van der Waals surface area contributed by atoms with E-state index in [1.54, 1.807) is 29.3 Å². The molecule has 0 bridgehead atoms. The molecule has 10 nitrogen and oxygen atoms in total. The van der Waals surface area contributed by atoms with Gasteiger partial charge in [-0.2, -0.15) is 0 Å².